The van der Waals surface area contributed by atoms with Gasteiger partial charge in [-0.15, -0.1) is 0 Å². The molecule has 1 N–H and O–H groups in total. The van der Waals surface area contributed by atoms with Crippen LogP contribution in [-0.4, -0.2) is 22.9 Å². The lowest BCUT2D eigenvalue weighted by Crippen LogP contribution is -2.35. The van der Waals surface area contributed by atoms with Gasteiger partial charge in [0.15, 0.2) is 0 Å². The Bertz CT molecular complexity index is 583. The minimum absolute atomic E-state index is 0.0158. The number of benzene rings is 1. The summed E-state index contributed by atoms with van der Waals surface area (Å²) in [4.78, 5) is 33.0. The van der Waals surface area contributed by atoms with Crippen molar-refractivity contribution in [3.05, 3.63) is 38.3 Å². The lowest BCUT2D eigenvalue weighted by Gasteiger charge is -2.23. The number of nitro groups is 1. The summed E-state index contributed by atoms with van der Waals surface area (Å²) >= 11 is 3.09. The van der Waals surface area contributed by atoms with E-state index in [9.17, 15) is 19.7 Å². The first kappa shape index (κ1) is 18.1. The molecule has 0 bridgehead atoms. The maximum Gasteiger partial charge on any atom is 0.408 e. The molecular weight excluding hydrogens is 356 g/mol. The Morgan fingerprint density at radius 2 is 2.14 bits per heavy atom. The molecule has 1 aromatic carbocycles. The van der Waals surface area contributed by atoms with Gasteiger partial charge in [-0.05, 0) is 48.3 Å². The first-order valence-electron chi connectivity index (χ1n) is 6.51. The van der Waals surface area contributed by atoms with Crippen LogP contribution in [0.3, 0.4) is 0 Å². The van der Waals surface area contributed by atoms with Crippen LogP contribution in [0, 0.1) is 10.1 Å². The maximum atomic E-state index is 11.8. The summed E-state index contributed by atoms with van der Waals surface area (Å²) in [6.45, 7) is 5.14. The average molecular weight is 373 g/mol. The van der Waals surface area contributed by atoms with Gasteiger partial charge in [-0.1, -0.05) is 6.07 Å². The molecule has 1 rings (SSSR count). The van der Waals surface area contributed by atoms with E-state index in [1.807, 2.05) is 0 Å². The molecule has 0 fully saturated rings. The molecule has 0 aliphatic rings. The van der Waals surface area contributed by atoms with E-state index in [1.54, 1.807) is 26.8 Å². The number of carbonyl (C=O) groups is 2. The van der Waals surface area contributed by atoms with E-state index in [1.165, 1.54) is 12.1 Å². The molecule has 0 aliphatic carbocycles. The van der Waals surface area contributed by atoms with Gasteiger partial charge in [0.25, 0.3) is 5.69 Å². The van der Waals surface area contributed by atoms with Crippen molar-refractivity contribution in [2.24, 2.45) is 0 Å². The standard InChI is InChI=1S/C14H17BrN2O5/c1-14(2,3)22-13(19)16-11(6-7-18)9-4-5-10(15)12(8-9)17(20)21/h4-5,7-8,11H,6H2,1-3H3,(H,16,19)/t11-/m0/s1. The predicted molar refractivity (Wildman–Crippen MR) is 83.6 cm³/mol. The van der Waals surface area contributed by atoms with E-state index in [0.717, 1.165) is 0 Å². The molecule has 0 saturated carbocycles. The molecule has 120 valence electrons. The topological polar surface area (TPSA) is 98.5 Å². The molecule has 0 aromatic heterocycles. The van der Waals surface area contributed by atoms with Crippen molar-refractivity contribution in [3.63, 3.8) is 0 Å². The molecule has 0 unspecified atom stereocenters. The van der Waals surface area contributed by atoms with Crippen LogP contribution < -0.4 is 5.32 Å². The van der Waals surface area contributed by atoms with Crippen molar-refractivity contribution in [1.29, 1.82) is 0 Å². The largest absolute Gasteiger partial charge is 0.444 e. The first-order chi connectivity index (χ1) is 10.1. The van der Waals surface area contributed by atoms with E-state index in [-0.39, 0.29) is 12.1 Å². The van der Waals surface area contributed by atoms with Crippen molar-refractivity contribution in [3.8, 4) is 0 Å². The highest BCUT2D eigenvalue weighted by molar-refractivity contribution is 9.10. The fraction of sp³-hybridized carbons (Fsp3) is 0.429. The lowest BCUT2D eigenvalue weighted by molar-refractivity contribution is -0.385. The molecule has 22 heavy (non-hydrogen) atoms. The summed E-state index contributed by atoms with van der Waals surface area (Å²) < 4.78 is 5.45. The molecule has 1 amide bonds. The monoisotopic (exact) mass is 372 g/mol. The maximum absolute atomic E-state index is 11.8. The van der Waals surface area contributed by atoms with Crippen molar-refractivity contribution in [2.45, 2.75) is 38.8 Å². The van der Waals surface area contributed by atoms with Crippen LogP contribution in [0.25, 0.3) is 0 Å². The molecule has 0 spiro atoms. The Kier molecular flexibility index (Phi) is 6.04. The molecular formula is C14H17BrN2O5. The highest BCUT2D eigenvalue weighted by Gasteiger charge is 2.22. The van der Waals surface area contributed by atoms with Gasteiger partial charge in [0.1, 0.15) is 11.9 Å². The van der Waals surface area contributed by atoms with Gasteiger partial charge in [0.05, 0.1) is 15.4 Å². The van der Waals surface area contributed by atoms with Crippen LogP contribution >= 0.6 is 15.9 Å². The van der Waals surface area contributed by atoms with Gasteiger partial charge < -0.3 is 14.8 Å². The number of hydrogen-bond donors (Lipinski definition) is 1. The zero-order chi connectivity index (χ0) is 16.9. The average Bonchev–Trinajstić information content (AvgIpc) is 2.36. The van der Waals surface area contributed by atoms with E-state index in [2.05, 4.69) is 21.2 Å². The summed E-state index contributed by atoms with van der Waals surface area (Å²) in [6, 6.07) is 3.72. The zero-order valence-corrected chi connectivity index (χ0v) is 14.0. The number of ether oxygens (including phenoxy) is 1. The van der Waals surface area contributed by atoms with Crippen LogP contribution in [0.15, 0.2) is 22.7 Å². The predicted octanol–water partition coefficient (Wildman–Crippen LogP) is 3.51. The molecule has 1 aromatic rings. The second-order valence-electron chi connectivity index (χ2n) is 5.57. The van der Waals surface area contributed by atoms with Crippen LogP contribution in [0.4, 0.5) is 10.5 Å². The third-order valence-electron chi connectivity index (χ3n) is 2.59. The SMILES string of the molecule is CC(C)(C)OC(=O)N[C@@H](CC=O)c1ccc(Br)c([N+](=O)[O-])c1. The Hall–Kier alpha value is -1.96. The number of nitrogens with one attached hydrogen (secondary N) is 1. The summed E-state index contributed by atoms with van der Waals surface area (Å²) in [7, 11) is 0. The summed E-state index contributed by atoms with van der Waals surface area (Å²) in [6.07, 6.45) is -0.0709. The molecule has 0 aliphatic heterocycles. The number of rotatable bonds is 5. The highest BCUT2D eigenvalue weighted by atomic mass is 79.9. The van der Waals surface area contributed by atoms with Crippen molar-refractivity contribution in [1.82, 2.24) is 5.32 Å². The van der Waals surface area contributed by atoms with Crippen LogP contribution in [-0.2, 0) is 9.53 Å². The second kappa shape index (κ2) is 7.35. The number of nitro benzene ring substituents is 1. The Labute approximate surface area is 136 Å². The van der Waals surface area contributed by atoms with Crippen LogP contribution in [0.5, 0.6) is 0 Å². The molecule has 8 heteroatoms. The third kappa shape index (κ3) is 5.44. The molecule has 1 atom stereocenters. The minimum Gasteiger partial charge on any atom is -0.444 e. The smallest absolute Gasteiger partial charge is 0.408 e. The highest BCUT2D eigenvalue weighted by Crippen LogP contribution is 2.29. The Balaban J connectivity index is 3.00. The fourth-order valence-corrected chi connectivity index (χ4v) is 2.10. The van der Waals surface area contributed by atoms with Crippen molar-refractivity contribution >= 4 is 34.0 Å². The fourth-order valence-electron chi connectivity index (χ4n) is 1.71. The van der Waals surface area contributed by atoms with Crippen LogP contribution in [0.2, 0.25) is 0 Å². The van der Waals surface area contributed by atoms with Gasteiger partial charge in [-0.2, -0.15) is 0 Å². The van der Waals surface area contributed by atoms with Gasteiger partial charge in [-0.25, -0.2) is 4.79 Å². The second-order valence-corrected chi connectivity index (χ2v) is 6.42. The summed E-state index contributed by atoms with van der Waals surface area (Å²) in [5.74, 6) is 0. The van der Waals surface area contributed by atoms with Gasteiger partial charge in [0.2, 0.25) is 0 Å². The third-order valence-corrected chi connectivity index (χ3v) is 3.26. The lowest BCUT2D eigenvalue weighted by atomic mass is 10.0. The van der Waals surface area contributed by atoms with Gasteiger partial charge >= 0.3 is 6.09 Å². The number of alkyl carbamates (subject to hydrolysis) is 1. The summed E-state index contributed by atoms with van der Waals surface area (Å²) in [5.41, 5.74) is -0.367. The van der Waals surface area contributed by atoms with E-state index in [4.69, 9.17) is 4.74 Å². The van der Waals surface area contributed by atoms with Gasteiger partial charge in [0, 0.05) is 12.5 Å². The molecule has 0 radical (unpaired) electrons. The Morgan fingerprint density at radius 1 is 1.50 bits per heavy atom. The zero-order valence-electron chi connectivity index (χ0n) is 12.5. The molecule has 0 heterocycles. The van der Waals surface area contributed by atoms with Crippen molar-refractivity contribution in [2.75, 3.05) is 0 Å². The number of carbonyl (C=O) groups excluding carboxylic acids is 2. The minimum atomic E-state index is -0.695. The quantitative estimate of drug-likeness (QED) is 0.484. The normalized spacial score (nSPS) is 12.4. The number of amides is 1. The molecule has 7 nitrogen and oxygen atoms in total. The first-order valence-corrected chi connectivity index (χ1v) is 7.30. The van der Waals surface area contributed by atoms with E-state index in [0.29, 0.717) is 16.3 Å². The summed E-state index contributed by atoms with van der Waals surface area (Å²) in [5, 5.41) is 13.5. The van der Waals surface area contributed by atoms with E-state index < -0.39 is 22.7 Å². The van der Waals surface area contributed by atoms with Crippen LogP contribution in [0.1, 0.15) is 38.8 Å². The number of nitrogens with zero attached hydrogens (tertiary/aromatic N) is 1. The number of aldehydes is 1. The number of hydrogen-bond acceptors (Lipinski definition) is 5. The molecule has 0 saturated heterocycles. The van der Waals surface area contributed by atoms with Crippen molar-refractivity contribution < 1.29 is 19.2 Å². The Morgan fingerprint density at radius 3 is 2.64 bits per heavy atom. The van der Waals surface area contributed by atoms with Gasteiger partial charge in [-0.3, -0.25) is 10.1 Å². The number of halogens is 1. The van der Waals surface area contributed by atoms with E-state index >= 15 is 0 Å².